The van der Waals surface area contributed by atoms with Crippen molar-refractivity contribution in [1.29, 1.82) is 0 Å². The number of aliphatic hydroxyl groups excluding tert-OH is 1. The zero-order valence-corrected chi connectivity index (χ0v) is 9.82. The maximum Gasteiger partial charge on any atom is 0.256 e. The molecule has 1 rings (SSSR count). The summed E-state index contributed by atoms with van der Waals surface area (Å²) in [7, 11) is 0. The van der Waals surface area contributed by atoms with Crippen LogP contribution in [-0.2, 0) is 0 Å². The Bertz CT molecular complexity index is 390. The van der Waals surface area contributed by atoms with E-state index in [0.29, 0.717) is 6.54 Å². The lowest BCUT2D eigenvalue weighted by molar-refractivity contribution is 0.0722. The standard InChI is InChI=1S/C12H17FN2O2/c1-2-6-15(7-8-16)12(17)9-4-3-5-10(13)11(9)14/h3-5,16H,2,6-8,14H2,1H3. The van der Waals surface area contributed by atoms with Gasteiger partial charge in [-0.05, 0) is 18.6 Å². The van der Waals surface area contributed by atoms with Crippen LogP contribution in [-0.4, -0.2) is 35.6 Å². The monoisotopic (exact) mass is 240 g/mol. The van der Waals surface area contributed by atoms with Gasteiger partial charge in [0.2, 0.25) is 0 Å². The molecule has 0 unspecified atom stereocenters. The van der Waals surface area contributed by atoms with Gasteiger partial charge in [-0.3, -0.25) is 4.79 Å². The van der Waals surface area contributed by atoms with Crippen molar-refractivity contribution >= 4 is 11.6 Å². The van der Waals surface area contributed by atoms with E-state index in [1.165, 1.54) is 23.1 Å². The molecule has 4 nitrogen and oxygen atoms in total. The van der Waals surface area contributed by atoms with Gasteiger partial charge in [-0.2, -0.15) is 0 Å². The number of halogens is 1. The van der Waals surface area contributed by atoms with Gasteiger partial charge < -0.3 is 15.7 Å². The number of nitrogens with two attached hydrogens (primary N) is 1. The summed E-state index contributed by atoms with van der Waals surface area (Å²) in [5, 5.41) is 8.88. The van der Waals surface area contributed by atoms with Crippen molar-refractivity contribution in [3.8, 4) is 0 Å². The minimum Gasteiger partial charge on any atom is -0.396 e. The van der Waals surface area contributed by atoms with Gasteiger partial charge in [-0.15, -0.1) is 0 Å². The highest BCUT2D eigenvalue weighted by molar-refractivity contribution is 5.99. The summed E-state index contributed by atoms with van der Waals surface area (Å²) in [5.41, 5.74) is 5.53. The third kappa shape index (κ3) is 3.17. The van der Waals surface area contributed by atoms with Crippen molar-refractivity contribution in [1.82, 2.24) is 4.90 Å². The first-order valence-corrected chi connectivity index (χ1v) is 5.56. The molecular weight excluding hydrogens is 223 g/mol. The van der Waals surface area contributed by atoms with E-state index < -0.39 is 5.82 Å². The van der Waals surface area contributed by atoms with Gasteiger partial charge in [-0.25, -0.2) is 4.39 Å². The number of nitrogens with zero attached hydrogens (tertiary/aromatic N) is 1. The largest absolute Gasteiger partial charge is 0.396 e. The fraction of sp³-hybridized carbons (Fsp3) is 0.417. The number of amides is 1. The van der Waals surface area contributed by atoms with Crippen LogP contribution < -0.4 is 5.73 Å². The number of carbonyl (C=O) groups is 1. The molecule has 17 heavy (non-hydrogen) atoms. The Morgan fingerprint density at radius 2 is 2.18 bits per heavy atom. The number of aliphatic hydroxyl groups is 1. The molecule has 3 N–H and O–H groups in total. The average molecular weight is 240 g/mol. The summed E-state index contributed by atoms with van der Waals surface area (Å²) < 4.78 is 13.2. The van der Waals surface area contributed by atoms with E-state index >= 15 is 0 Å². The van der Waals surface area contributed by atoms with Gasteiger partial charge >= 0.3 is 0 Å². The number of hydrogen-bond acceptors (Lipinski definition) is 3. The predicted octanol–water partition coefficient (Wildman–Crippen LogP) is 1.25. The Morgan fingerprint density at radius 3 is 2.76 bits per heavy atom. The topological polar surface area (TPSA) is 66.6 Å². The maximum absolute atomic E-state index is 13.2. The van der Waals surface area contributed by atoms with E-state index in [9.17, 15) is 9.18 Å². The lowest BCUT2D eigenvalue weighted by atomic mass is 10.1. The van der Waals surface area contributed by atoms with E-state index in [1.54, 1.807) is 0 Å². The van der Waals surface area contributed by atoms with Crippen LogP contribution in [0, 0.1) is 5.82 Å². The van der Waals surface area contributed by atoms with Crippen LogP contribution in [0.2, 0.25) is 0 Å². The van der Waals surface area contributed by atoms with Gasteiger partial charge in [0, 0.05) is 13.1 Å². The molecule has 0 fully saturated rings. The third-order valence-corrected chi connectivity index (χ3v) is 2.43. The second kappa shape index (κ2) is 6.20. The molecule has 0 radical (unpaired) electrons. The molecule has 0 saturated heterocycles. The Balaban J connectivity index is 2.96. The normalized spacial score (nSPS) is 10.3. The highest BCUT2D eigenvalue weighted by Gasteiger charge is 2.18. The zero-order chi connectivity index (χ0) is 12.8. The lowest BCUT2D eigenvalue weighted by Crippen LogP contribution is -2.34. The molecule has 0 spiro atoms. The molecule has 1 aromatic rings. The van der Waals surface area contributed by atoms with Gasteiger partial charge in [0.25, 0.3) is 5.91 Å². The zero-order valence-electron chi connectivity index (χ0n) is 9.82. The van der Waals surface area contributed by atoms with Crippen LogP contribution in [0.5, 0.6) is 0 Å². The second-order valence-corrected chi connectivity index (χ2v) is 3.72. The first-order valence-electron chi connectivity index (χ1n) is 5.56. The average Bonchev–Trinajstić information content (AvgIpc) is 2.31. The molecule has 0 aliphatic rings. The van der Waals surface area contributed by atoms with Crippen LogP contribution in [0.15, 0.2) is 18.2 Å². The van der Waals surface area contributed by atoms with Crippen LogP contribution >= 0.6 is 0 Å². The van der Waals surface area contributed by atoms with Crippen molar-refractivity contribution in [2.45, 2.75) is 13.3 Å². The molecule has 1 aromatic carbocycles. The fourth-order valence-corrected chi connectivity index (χ4v) is 1.60. The number of hydrogen-bond donors (Lipinski definition) is 2. The summed E-state index contributed by atoms with van der Waals surface area (Å²) in [5.74, 6) is -0.950. The molecule has 0 heterocycles. The summed E-state index contributed by atoms with van der Waals surface area (Å²) in [6.07, 6.45) is 0.765. The van der Waals surface area contributed by atoms with Gasteiger partial charge in [0.1, 0.15) is 5.82 Å². The number of carbonyl (C=O) groups excluding carboxylic acids is 1. The second-order valence-electron chi connectivity index (χ2n) is 3.72. The third-order valence-electron chi connectivity index (χ3n) is 2.43. The summed E-state index contributed by atoms with van der Waals surface area (Å²) in [4.78, 5) is 13.5. The van der Waals surface area contributed by atoms with Crippen molar-refractivity contribution in [3.63, 3.8) is 0 Å². The summed E-state index contributed by atoms with van der Waals surface area (Å²) in [6.45, 7) is 2.53. The Morgan fingerprint density at radius 1 is 1.47 bits per heavy atom. The van der Waals surface area contributed by atoms with E-state index in [1.807, 2.05) is 6.92 Å². The fourth-order valence-electron chi connectivity index (χ4n) is 1.60. The molecule has 0 bridgehead atoms. The molecule has 0 aliphatic carbocycles. The van der Waals surface area contributed by atoms with Crippen LogP contribution in [0.25, 0.3) is 0 Å². The van der Waals surface area contributed by atoms with E-state index in [4.69, 9.17) is 10.8 Å². The predicted molar refractivity (Wildman–Crippen MR) is 64.1 cm³/mol. The van der Waals surface area contributed by atoms with Crippen molar-refractivity contribution < 1.29 is 14.3 Å². The SMILES string of the molecule is CCCN(CCO)C(=O)c1cccc(F)c1N. The molecule has 0 saturated carbocycles. The molecular formula is C12H17FN2O2. The molecule has 5 heteroatoms. The van der Waals surface area contributed by atoms with E-state index in [-0.39, 0.29) is 30.3 Å². The Kier molecular flexibility index (Phi) is 4.90. The summed E-state index contributed by atoms with van der Waals surface area (Å²) >= 11 is 0. The van der Waals surface area contributed by atoms with Crippen molar-refractivity contribution in [2.24, 2.45) is 0 Å². The Hall–Kier alpha value is -1.62. The lowest BCUT2D eigenvalue weighted by Gasteiger charge is -2.21. The number of nitrogen functional groups attached to an aromatic ring is 1. The van der Waals surface area contributed by atoms with Crippen molar-refractivity contribution in [2.75, 3.05) is 25.4 Å². The summed E-state index contributed by atoms with van der Waals surface area (Å²) in [6, 6.07) is 4.14. The number of para-hydroxylation sites is 1. The highest BCUT2D eigenvalue weighted by atomic mass is 19.1. The highest BCUT2D eigenvalue weighted by Crippen LogP contribution is 2.17. The number of benzene rings is 1. The number of rotatable bonds is 5. The van der Waals surface area contributed by atoms with Crippen molar-refractivity contribution in [3.05, 3.63) is 29.6 Å². The number of anilines is 1. The van der Waals surface area contributed by atoms with Crippen LogP contribution in [0.4, 0.5) is 10.1 Å². The van der Waals surface area contributed by atoms with Gasteiger partial charge in [-0.1, -0.05) is 13.0 Å². The maximum atomic E-state index is 13.2. The van der Waals surface area contributed by atoms with E-state index in [0.717, 1.165) is 6.42 Å². The molecule has 0 aliphatic heterocycles. The minimum atomic E-state index is -0.601. The van der Waals surface area contributed by atoms with Gasteiger partial charge in [0.05, 0.1) is 17.9 Å². The molecule has 0 atom stereocenters. The quantitative estimate of drug-likeness (QED) is 0.761. The van der Waals surface area contributed by atoms with Crippen LogP contribution in [0.1, 0.15) is 23.7 Å². The smallest absolute Gasteiger partial charge is 0.256 e. The molecule has 0 aromatic heterocycles. The van der Waals surface area contributed by atoms with E-state index in [2.05, 4.69) is 0 Å². The first-order chi connectivity index (χ1) is 8.11. The first kappa shape index (κ1) is 13.4. The van der Waals surface area contributed by atoms with Gasteiger partial charge in [0.15, 0.2) is 0 Å². The minimum absolute atomic E-state index is 0.124. The molecule has 1 amide bonds. The van der Waals surface area contributed by atoms with Crippen LogP contribution in [0.3, 0.4) is 0 Å². The Labute approximate surface area is 99.8 Å². The molecule has 94 valence electrons.